The molecule has 0 bridgehead atoms. The maximum Gasteiger partial charge on any atom is 0.389 e. The molecule has 1 heterocycles. The number of likely N-dealkylation sites (tertiary alicyclic amines) is 1. The van der Waals surface area contributed by atoms with Gasteiger partial charge in [-0.25, -0.2) is 0 Å². The molecule has 2 unspecified atom stereocenters. The Labute approximate surface area is 105 Å². The van der Waals surface area contributed by atoms with E-state index in [2.05, 4.69) is 10.2 Å². The Bertz CT molecular complexity index is 315. The summed E-state index contributed by atoms with van der Waals surface area (Å²) in [7, 11) is 0. The van der Waals surface area contributed by atoms with Gasteiger partial charge in [-0.1, -0.05) is 0 Å². The second-order valence-corrected chi connectivity index (χ2v) is 5.50. The van der Waals surface area contributed by atoms with Crippen LogP contribution in [-0.4, -0.2) is 42.2 Å². The summed E-state index contributed by atoms with van der Waals surface area (Å²) in [6, 6.07) is 0.307. The second kappa shape index (κ2) is 5.07. The van der Waals surface area contributed by atoms with Crippen molar-refractivity contribution in [3.63, 3.8) is 0 Å². The van der Waals surface area contributed by atoms with Crippen molar-refractivity contribution in [2.24, 2.45) is 5.92 Å². The van der Waals surface area contributed by atoms with E-state index in [0.717, 1.165) is 12.8 Å². The summed E-state index contributed by atoms with van der Waals surface area (Å²) < 4.78 is 37.4. The summed E-state index contributed by atoms with van der Waals surface area (Å²) >= 11 is 0. The van der Waals surface area contributed by atoms with Gasteiger partial charge in [0.1, 0.15) is 0 Å². The first kappa shape index (κ1) is 13.6. The lowest BCUT2D eigenvalue weighted by atomic mass is 9.91. The highest BCUT2D eigenvalue weighted by atomic mass is 19.4. The molecule has 1 aliphatic carbocycles. The van der Waals surface area contributed by atoms with E-state index in [9.17, 15) is 18.0 Å². The monoisotopic (exact) mass is 264 g/mol. The Hall–Kier alpha value is -0.780. The summed E-state index contributed by atoms with van der Waals surface area (Å²) in [5.74, 6) is -0.556. The lowest BCUT2D eigenvalue weighted by Crippen LogP contribution is -2.51. The van der Waals surface area contributed by atoms with E-state index < -0.39 is 18.5 Å². The van der Waals surface area contributed by atoms with Crippen LogP contribution in [0.4, 0.5) is 13.2 Å². The van der Waals surface area contributed by atoms with E-state index in [1.807, 2.05) is 0 Å². The fourth-order valence-electron chi connectivity index (χ4n) is 2.85. The molecule has 0 aromatic rings. The number of nitrogens with one attached hydrogen (secondary N) is 1. The van der Waals surface area contributed by atoms with E-state index >= 15 is 0 Å². The number of hydrogen-bond donors (Lipinski definition) is 1. The standard InChI is InChI=1S/C12H19F3N2O/c1-8(18)16-10-4-9(5-12(13,14)15)6-17(7-10)11-2-3-11/h9-11H,2-7H2,1H3,(H,16,18). The van der Waals surface area contributed by atoms with Crippen molar-refractivity contribution in [3.05, 3.63) is 0 Å². The minimum atomic E-state index is -4.11. The highest BCUT2D eigenvalue weighted by Gasteiger charge is 2.40. The van der Waals surface area contributed by atoms with Gasteiger partial charge in [0.15, 0.2) is 0 Å². The predicted molar refractivity (Wildman–Crippen MR) is 61.0 cm³/mol. The van der Waals surface area contributed by atoms with E-state index in [4.69, 9.17) is 0 Å². The van der Waals surface area contributed by atoms with Crippen molar-refractivity contribution in [3.8, 4) is 0 Å². The molecule has 2 aliphatic rings. The van der Waals surface area contributed by atoms with Crippen molar-refractivity contribution in [1.82, 2.24) is 10.2 Å². The van der Waals surface area contributed by atoms with Crippen LogP contribution in [0.3, 0.4) is 0 Å². The van der Waals surface area contributed by atoms with Gasteiger partial charge in [-0.15, -0.1) is 0 Å². The molecular weight excluding hydrogens is 245 g/mol. The molecule has 1 amide bonds. The number of halogens is 3. The molecule has 2 fully saturated rings. The first-order valence-corrected chi connectivity index (χ1v) is 6.41. The Morgan fingerprint density at radius 2 is 2.00 bits per heavy atom. The Morgan fingerprint density at radius 3 is 2.50 bits per heavy atom. The number of nitrogens with zero attached hydrogens (tertiary/aromatic N) is 1. The molecule has 104 valence electrons. The molecule has 1 saturated heterocycles. The number of rotatable bonds is 3. The fourth-order valence-corrected chi connectivity index (χ4v) is 2.85. The minimum absolute atomic E-state index is 0.135. The topological polar surface area (TPSA) is 32.3 Å². The molecule has 2 rings (SSSR count). The predicted octanol–water partition coefficient (Wildman–Crippen LogP) is 1.93. The maximum atomic E-state index is 12.5. The van der Waals surface area contributed by atoms with Gasteiger partial charge in [-0.2, -0.15) is 13.2 Å². The largest absolute Gasteiger partial charge is 0.389 e. The van der Waals surface area contributed by atoms with Crippen molar-refractivity contribution in [2.45, 2.75) is 50.9 Å². The summed E-state index contributed by atoms with van der Waals surface area (Å²) in [4.78, 5) is 13.2. The molecule has 1 aliphatic heterocycles. The van der Waals surface area contributed by atoms with Crippen molar-refractivity contribution in [1.29, 1.82) is 0 Å². The molecule has 6 heteroatoms. The first-order valence-electron chi connectivity index (χ1n) is 6.41. The van der Waals surface area contributed by atoms with Gasteiger partial charge in [-0.05, 0) is 25.2 Å². The number of carbonyl (C=O) groups is 1. The number of alkyl halides is 3. The average Bonchev–Trinajstić information content (AvgIpc) is 2.95. The van der Waals surface area contributed by atoms with Crippen LogP contribution in [0.15, 0.2) is 0 Å². The van der Waals surface area contributed by atoms with Gasteiger partial charge < -0.3 is 5.32 Å². The third kappa shape index (κ3) is 4.15. The van der Waals surface area contributed by atoms with E-state index in [1.165, 1.54) is 6.92 Å². The van der Waals surface area contributed by atoms with Gasteiger partial charge in [0.2, 0.25) is 5.91 Å². The van der Waals surface area contributed by atoms with Gasteiger partial charge >= 0.3 is 6.18 Å². The van der Waals surface area contributed by atoms with Crippen LogP contribution in [-0.2, 0) is 4.79 Å². The SMILES string of the molecule is CC(=O)NC1CC(CC(F)(F)F)CN(C2CC2)C1. The van der Waals surface area contributed by atoms with E-state index in [-0.39, 0.29) is 11.9 Å². The highest BCUT2D eigenvalue weighted by molar-refractivity contribution is 5.73. The Kier molecular flexibility index (Phi) is 3.84. The maximum absolute atomic E-state index is 12.5. The van der Waals surface area contributed by atoms with Crippen LogP contribution in [0.5, 0.6) is 0 Å². The fraction of sp³-hybridized carbons (Fsp3) is 0.917. The molecule has 0 spiro atoms. The van der Waals surface area contributed by atoms with Crippen LogP contribution in [0, 0.1) is 5.92 Å². The van der Waals surface area contributed by atoms with Gasteiger partial charge in [-0.3, -0.25) is 9.69 Å². The number of piperidine rings is 1. The van der Waals surface area contributed by atoms with E-state index in [1.54, 1.807) is 0 Å². The Morgan fingerprint density at radius 1 is 1.33 bits per heavy atom. The number of amides is 1. The lowest BCUT2D eigenvalue weighted by molar-refractivity contribution is -0.149. The quantitative estimate of drug-likeness (QED) is 0.844. The molecular formula is C12H19F3N2O. The molecule has 18 heavy (non-hydrogen) atoms. The normalized spacial score (nSPS) is 30.2. The summed E-state index contributed by atoms with van der Waals surface area (Å²) in [6.45, 7) is 2.62. The van der Waals surface area contributed by atoms with Crippen LogP contribution >= 0.6 is 0 Å². The van der Waals surface area contributed by atoms with Crippen molar-refractivity contribution >= 4 is 5.91 Å². The molecule has 0 radical (unpaired) electrons. The smallest absolute Gasteiger partial charge is 0.352 e. The number of carbonyl (C=O) groups excluding carboxylic acids is 1. The number of hydrogen-bond acceptors (Lipinski definition) is 2. The molecule has 1 saturated carbocycles. The van der Waals surface area contributed by atoms with Crippen LogP contribution in [0.1, 0.15) is 32.6 Å². The minimum Gasteiger partial charge on any atom is -0.352 e. The van der Waals surface area contributed by atoms with Crippen molar-refractivity contribution in [2.75, 3.05) is 13.1 Å². The molecule has 1 N–H and O–H groups in total. The zero-order chi connectivity index (χ0) is 13.3. The highest BCUT2D eigenvalue weighted by Crippen LogP contribution is 2.35. The third-order valence-corrected chi connectivity index (χ3v) is 3.56. The van der Waals surface area contributed by atoms with Crippen molar-refractivity contribution < 1.29 is 18.0 Å². The third-order valence-electron chi connectivity index (χ3n) is 3.56. The molecule has 2 atom stereocenters. The average molecular weight is 264 g/mol. The van der Waals surface area contributed by atoms with Crippen LogP contribution in [0.2, 0.25) is 0 Å². The summed E-state index contributed by atoms with van der Waals surface area (Å²) in [6.07, 6.45) is -2.27. The molecule has 0 aromatic heterocycles. The van der Waals surface area contributed by atoms with E-state index in [0.29, 0.717) is 25.6 Å². The van der Waals surface area contributed by atoms with Gasteiger partial charge in [0.05, 0.1) is 0 Å². The summed E-state index contributed by atoms with van der Waals surface area (Å²) in [5.41, 5.74) is 0. The molecule has 0 aromatic carbocycles. The first-order chi connectivity index (χ1) is 8.33. The second-order valence-electron chi connectivity index (χ2n) is 5.50. The lowest BCUT2D eigenvalue weighted by Gasteiger charge is -2.38. The molecule has 3 nitrogen and oxygen atoms in total. The van der Waals surface area contributed by atoms with Crippen LogP contribution < -0.4 is 5.32 Å². The summed E-state index contributed by atoms with van der Waals surface area (Å²) in [5, 5.41) is 2.76. The van der Waals surface area contributed by atoms with Gasteiger partial charge in [0, 0.05) is 38.5 Å². The van der Waals surface area contributed by atoms with Crippen LogP contribution in [0.25, 0.3) is 0 Å². The Balaban J connectivity index is 1.94. The zero-order valence-electron chi connectivity index (χ0n) is 10.5. The zero-order valence-corrected chi connectivity index (χ0v) is 10.5. The van der Waals surface area contributed by atoms with Gasteiger partial charge in [0.25, 0.3) is 0 Å².